The lowest BCUT2D eigenvalue weighted by Gasteiger charge is -2.09. The SMILES string of the molecule is O=C(c1ccccc1)c1cc(Cl)cc2c1[S@](=O)C[C@@H]2C(=O)O. The normalized spacial score (nSPS) is 19.7. The Bertz CT molecular complexity index is 801. The second-order valence-electron chi connectivity index (χ2n) is 4.97. The fourth-order valence-corrected chi connectivity index (χ4v) is 4.45. The van der Waals surface area contributed by atoms with Crippen molar-refractivity contribution in [3.63, 3.8) is 0 Å². The first-order valence-corrected chi connectivity index (χ1v) is 8.23. The summed E-state index contributed by atoms with van der Waals surface area (Å²) in [5, 5.41) is 9.52. The molecule has 2 aromatic rings. The van der Waals surface area contributed by atoms with E-state index in [1.807, 2.05) is 0 Å². The number of fused-ring (bicyclic) bond motifs is 1. The number of carboxylic acids is 1. The zero-order chi connectivity index (χ0) is 15.9. The Morgan fingerprint density at radius 3 is 2.50 bits per heavy atom. The van der Waals surface area contributed by atoms with E-state index < -0.39 is 22.7 Å². The van der Waals surface area contributed by atoms with Crippen LogP contribution in [0.5, 0.6) is 0 Å². The highest BCUT2D eigenvalue weighted by Crippen LogP contribution is 2.38. The zero-order valence-corrected chi connectivity index (χ0v) is 12.9. The number of hydrogen-bond donors (Lipinski definition) is 1. The molecule has 0 unspecified atom stereocenters. The smallest absolute Gasteiger partial charge is 0.311 e. The molecule has 0 saturated heterocycles. The van der Waals surface area contributed by atoms with Crippen molar-refractivity contribution in [1.82, 2.24) is 0 Å². The summed E-state index contributed by atoms with van der Waals surface area (Å²) in [4.78, 5) is 24.2. The molecular weight excluding hydrogens is 324 g/mol. The zero-order valence-electron chi connectivity index (χ0n) is 11.3. The van der Waals surface area contributed by atoms with E-state index in [2.05, 4.69) is 0 Å². The molecule has 1 aliphatic heterocycles. The summed E-state index contributed by atoms with van der Waals surface area (Å²) < 4.78 is 12.3. The number of hydrogen-bond acceptors (Lipinski definition) is 3. The van der Waals surface area contributed by atoms with Crippen molar-refractivity contribution in [2.75, 3.05) is 5.75 Å². The number of carboxylic acid groups (broad SMARTS) is 1. The van der Waals surface area contributed by atoms with Gasteiger partial charge in [-0.3, -0.25) is 13.8 Å². The van der Waals surface area contributed by atoms with Gasteiger partial charge in [0.15, 0.2) is 5.78 Å². The van der Waals surface area contributed by atoms with Crippen molar-refractivity contribution in [2.24, 2.45) is 0 Å². The molecule has 0 fully saturated rings. The van der Waals surface area contributed by atoms with Crippen LogP contribution in [-0.4, -0.2) is 26.8 Å². The third-order valence-corrected chi connectivity index (χ3v) is 5.35. The Kier molecular flexibility index (Phi) is 3.85. The minimum absolute atomic E-state index is 0.0277. The van der Waals surface area contributed by atoms with Crippen molar-refractivity contribution >= 4 is 34.2 Å². The van der Waals surface area contributed by atoms with Crippen molar-refractivity contribution < 1.29 is 18.9 Å². The van der Waals surface area contributed by atoms with Gasteiger partial charge in [-0.05, 0) is 17.7 Å². The second-order valence-corrected chi connectivity index (χ2v) is 6.84. The van der Waals surface area contributed by atoms with Crippen molar-refractivity contribution in [3.8, 4) is 0 Å². The largest absolute Gasteiger partial charge is 0.481 e. The highest BCUT2D eigenvalue weighted by atomic mass is 35.5. The molecule has 0 bridgehead atoms. The van der Waals surface area contributed by atoms with Gasteiger partial charge in [0, 0.05) is 21.9 Å². The molecule has 0 aromatic heterocycles. The number of aliphatic carboxylic acids is 1. The molecule has 0 aliphatic carbocycles. The third kappa shape index (κ3) is 2.46. The van der Waals surface area contributed by atoms with Crippen LogP contribution in [0.4, 0.5) is 0 Å². The van der Waals surface area contributed by atoms with Crippen LogP contribution in [0, 0.1) is 0 Å². The standard InChI is InChI=1S/C16H11ClO4S/c17-10-6-11-13(16(19)20)8-22(21)15(11)12(7-10)14(18)9-4-2-1-3-5-9/h1-7,13H,8H2,(H,19,20)/t13-,22+/m0/s1. The minimum Gasteiger partial charge on any atom is -0.481 e. The van der Waals surface area contributed by atoms with Gasteiger partial charge in [0.25, 0.3) is 0 Å². The number of benzene rings is 2. The highest BCUT2D eigenvalue weighted by Gasteiger charge is 2.37. The highest BCUT2D eigenvalue weighted by molar-refractivity contribution is 7.85. The monoisotopic (exact) mass is 334 g/mol. The second kappa shape index (κ2) is 5.66. The van der Waals surface area contributed by atoms with Crippen LogP contribution in [-0.2, 0) is 15.6 Å². The Hall–Kier alpha value is -1.98. The van der Waals surface area contributed by atoms with E-state index >= 15 is 0 Å². The predicted octanol–water partition coefficient (Wildman–Crippen LogP) is 2.86. The van der Waals surface area contributed by atoms with Gasteiger partial charge in [-0.15, -0.1) is 0 Å². The Morgan fingerprint density at radius 1 is 1.18 bits per heavy atom. The molecule has 4 nitrogen and oxygen atoms in total. The quantitative estimate of drug-likeness (QED) is 0.876. The first-order valence-electron chi connectivity index (χ1n) is 6.53. The van der Waals surface area contributed by atoms with Gasteiger partial charge >= 0.3 is 5.97 Å². The maximum absolute atomic E-state index is 12.6. The van der Waals surface area contributed by atoms with E-state index in [4.69, 9.17) is 11.6 Å². The first kappa shape index (κ1) is 14.9. The number of ketones is 1. The van der Waals surface area contributed by atoms with Crippen LogP contribution >= 0.6 is 11.6 Å². The van der Waals surface area contributed by atoms with Crippen LogP contribution in [0.2, 0.25) is 5.02 Å². The van der Waals surface area contributed by atoms with Crippen LogP contribution in [0.3, 0.4) is 0 Å². The van der Waals surface area contributed by atoms with E-state index in [1.54, 1.807) is 30.3 Å². The van der Waals surface area contributed by atoms with Crippen molar-refractivity contribution in [2.45, 2.75) is 10.8 Å². The van der Waals surface area contributed by atoms with Crippen LogP contribution in [0.25, 0.3) is 0 Å². The van der Waals surface area contributed by atoms with Gasteiger partial charge in [-0.25, -0.2) is 0 Å². The average molecular weight is 335 g/mol. The molecule has 2 atom stereocenters. The molecule has 1 heterocycles. The van der Waals surface area contributed by atoms with Gasteiger partial charge in [0.05, 0.1) is 21.6 Å². The number of carbonyl (C=O) groups is 2. The lowest BCUT2D eigenvalue weighted by atomic mass is 9.96. The fourth-order valence-electron chi connectivity index (χ4n) is 2.57. The summed E-state index contributed by atoms with van der Waals surface area (Å²) >= 11 is 6.03. The molecule has 0 amide bonds. The summed E-state index contributed by atoms with van der Waals surface area (Å²) in [6.45, 7) is 0. The molecule has 0 saturated carbocycles. The van der Waals surface area contributed by atoms with E-state index in [0.717, 1.165) is 0 Å². The molecule has 0 spiro atoms. The van der Waals surface area contributed by atoms with E-state index in [9.17, 15) is 18.9 Å². The lowest BCUT2D eigenvalue weighted by molar-refractivity contribution is -0.138. The Morgan fingerprint density at radius 2 is 1.86 bits per heavy atom. The van der Waals surface area contributed by atoms with Crippen molar-refractivity contribution in [3.05, 3.63) is 64.2 Å². The summed E-state index contributed by atoms with van der Waals surface area (Å²) in [5.41, 5.74) is 1.04. The molecule has 112 valence electrons. The molecule has 22 heavy (non-hydrogen) atoms. The molecule has 0 radical (unpaired) electrons. The lowest BCUT2D eigenvalue weighted by Crippen LogP contribution is -2.11. The maximum atomic E-state index is 12.6. The van der Waals surface area contributed by atoms with Gasteiger partial charge in [0.2, 0.25) is 0 Å². The van der Waals surface area contributed by atoms with Crippen LogP contribution < -0.4 is 0 Å². The molecule has 1 aliphatic rings. The van der Waals surface area contributed by atoms with E-state index in [1.165, 1.54) is 12.1 Å². The first-order chi connectivity index (χ1) is 10.5. The Labute approximate surface area is 134 Å². The maximum Gasteiger partial charge on any atom is 0.311 e. The van der Waals surface area contributed by atoms with Gasteiger partial charge in [0.1, 0.15) is 0 Å². The summed E-state index contributed by atoms with van der Waals surface area (Å²) in [5.74, 6) is -2.29. The van der Waals surface area contributed by atoms with E-state index in [-0.39, 0.29) is 22.1 Å². The number of rotatable bonds is 3. The minimum atomic E-state index is -1.52. The van der Waals surface area contributed by atoms with Crippen molar-refractivity contribution in [1.29, 1.82) is 0 Å². The summed E-state index contributed by atoms with van der Waals surface area (Å²) in [7, 11) is -1.52. The number of carbonyl (C=O) groups excluding carboxylic acids is 1. The van der Waals surface area contributed by atoms with Gasteiger partial charge in [-0.1, -0.05) is 41.9 Å². The Balaban J connectivity index is 2.19. The fraction of sp³-hybridized carbons (Fsp3) is 0.125. The summed E-state index contributed by atoms with van der Waals surface area (Å²) in [6.07, 6.45) is 0. The van der Waals surface area contributed by atoms with Crippen LogP contribution in [0.1, 0.15) is 27.4 Å². The predicted molar refractivity (Wildman–Crippen MR) is 83.0 cm³/mol. The molecule has 6 heteroatoms. The topological polar surface area (TPSA) is 71.4 Å². The molecule has 1 N–H and O–H groups in total. The molecule has 3 rings (SSSR count). The third-order valence-electron chi connectivity index (χ3n) is 3.58. The summed E-state index contributed by atoms with van der Waals surface area (Å²) in [6, 6.07) is 11.5. The van der Waals surface area contributed by atoms with Gasteiger partial charge in [-0.2, -0.15) is 0 Å². The number of halogens is 1. The molecule has 2 aromatic carbocycles. The van der Waals surface area contributed by atoms with Crippen LogP contribution in [0.15, 0.2) is 47.4 Å². The average Bonchev–Trinajstić information content (AvgIpc) is 2.84. The van der Waals surface area contributed by atoms with E-state index in [0.29, 0.717) is 16.0 Å². The van der Waals surface area contributed by atoms with Gasteiger partial charge < -0.3 is 5.11 Å². The molecular formula is C16H11ClO4S.